The van der Waals surface area contributed by atoms with E-state index in [-0.39, 0.29) is 18.2 Å². The Morgan fingerprint density at radius 1 is 0.833 bits per heavy atom. The van der Waals surface area contributed by atoms with Crippen LogP contribution in [0, 0.1) is 11.6 Å². The first kappa shape index (κ1) is 20.5. The van der Waals surface area contributed by atoms with Gasteiger partial charge in [-0.1, -0.05) is 12.1 Å². The fourth-order valence-electron chi connectivity index (χ4n) is 1.60. The maximum absolute atomic E-state index is 14.3. The highest BCUT2D eigenvalue weighted by molar-refractivity contribution is 7.86. The first-order chi connectivity index (χ1) is 10.4. The van der Waals surface area contributed by atoms with E-state index in [1.165, 1.54) is 0 Å². The molecule has 0 spiro atoms. The standard InChI is InChI=1S/C10H4F10O3S/c11-5-3-1-2-4(6(5)12)7(13,24(21,22)23)8(14,15)9(16,17)10(18,19)20/h1-3H,(H,21,22,23). The number of hydrogen-bond donors (Lipinski definition) is 1. The molecule has 0 bridgehead atoms. The first-order valence-corrected chi connectivity index (χ1v) is 6.79. The first-order valence-electron chi connectivity index (χ1n) is 5.35. The minimum atomic E-state index is -7.37. The van der Waals surface area contributed by atoms with E-state index in [2.05, 4.69) is 0 Å². The lowest BCUT2D eigenvalue weighted by Crippen LogP contribution is -2.63. The number of halogens is 10. The van der Waals surface area contributed by atoms with Gasteiger partial charge < -0.3 is 0 Å². The van der Waals surface area contributed by atoms with Gasteiger partial charge in [0.15, 0.2) is 11.6 Å². The minimum absolute atomic E-state index is 0.100. The lowest BCUT2D eigenvalue weighted by atomic mass is 9.98. The molecule has 1 rings (SSSR count). The third-order valence-corrected chi connectivity index (χ3v) is 3.99. The molecule has 0 saturated carbocycles. The molecule has 1 unspecified atom stereocenters. The Balaban J connectivity index is 3.93. The van der Waals surface area contributed by atoms with Crippen molar-refractivity contribution < 1.29 is 56.9 Å². The predicted octanol–water partition coefficient (Wildman–Crippen LogP) is 3.81. The SMILES string of the molecule is O=S(=O)(O)C(F)(c1cccc(F)c1F)C(F)(F)C(F)(F)C(F)(F)F. The van der Waals surface area contributed by atoms with E-state index in [0.29, 0.717) is 0 Å². The molecule has 1 N–H and O–H groups in total. The summed E-state index contributed by atoms with van der Waals surface area (Å²) in [6.07, 6.45) is -7.19. The molecule has 3 nitrogen and oxygen atoms in total. The van der Waals surface area contributed by atoms with Crippen molar-refractivity contribution in [2.24, 2.45) is 0 Å². The molecular weight excluding hydrogens is 390 g/mol. The predicted molar refractivity (Wildman–Crippen MR) is 56.6 cm³/mol. The molecule has 0 aromatic heterocycles. The van der Waals surface area contributed by atoms with Crippen LogP contribution in [0.3, 0.4) is 0 Å². The molecule has 138 valence electrons. The quantitative estimate of drug-likeness (QED) is 0.624. The Labute approximate surface area is 126 Å². The minimum Gasteiger partial charge on any atom is -0.283 e. The van der Waals surface area contributed by atoms with Gasteiger partial charge >= 0.3 is 33.1 Å². The van der Waals surface area contributed by atoms with Crippen molar-refractivity contribution in [2.75, 3.05) is 0 Å². The van der Waals surface area contributed by atoms with Crippen molar-refractivity contribution in [1.82, 2.24) is 0 Å². The number of alkyl halides is 8. The molecule has 0 aliphatic rings. The summed E-state index contributed by atoms with van der Waals surface area (Å²) < 4.78 is 160. The van der Waals surface area contributed by atoms with Crippen LogP contribution in [0.2, 0.25) is 0 Å². The molecule has 0 aliphatic carbocycles. The monoisotopic (exact) mass is 394 g/mol. The summed E-state index contributed by atoms with van der Waals surface area (Å²) in [5.74, 6) is -19.7. The average molecular weight is 394 g/mol. The normalized spacial score (nSPS) is 16.8. The Hall–Kier alpha value is -1.57. The summed E-state index contributed by atoms with van der Waals surface area (Å²) in [4.78, 5) is 0. The maximum atomic E-state index is 14.3. The van der Waals surface area contributed by atoms with Crippen molar-refractivity contribution in [2.45, 2.75) is 23.0 Å². The molecular formula is C10H4F10O3S. The van der Waals surface area contributed by atoms with Crippen molar-refractivity contribution in [3.8, 4) is 0 Å². The molecule has 1 aromatic carbocycles. The van der Waals surface area contributed by atoms with Crippen LogP contribution in [0.15, 0.2) is 18.2 Å². The van der Waals surface area contributed by atoms with Gasteiger partial charge in [0.05, 0.1) is 5.56 Å². The Morgan fingerprint density at radius 3 is 1.67 bits per heavy atom. The van der Waals surface area contributed by atoms with Crippen molar-refractivity contribution in [1.29, 1.82) is 0 Å². The average Bonchev–Trinajstić information content (AvgIpc) is 2.38. The summed E-state index contributed by atoms with van der Waals surface area (Å²) in [6, 6.07) is -0.0924. The molecule has 0 heterocycles. The number of rotatable bonds is 4. The lowest BCUT2D eigenvalue weighted by molar-refractivity contribution is -0.372. The van der Waals surface area contributed by atoms with Crippen molar-refractivity contribution in [3.05, 3.63) is 35.4 Å². The van der Waals surface area contributed by atoms with Crippen LogP contribution in [-0.2, 0) is 15.1 Å². The summed E-state index contributed by atoms with van der Waals surface area (Å²) in [5.41, 5.74) is -2.76. The zero-order chi connectivity index (χ0) is 19.4. The molecule has 1 atom stereocenters. The van der Waals surface area contributed by atoms with Gasteiger partial charge in [-0.3, -0.25) is 4.55 Å². The second-order valence-electron chi connectivity index (χ2n) is 4.32. The van der Waals surface area contributed by atoms with Gasteiger partial charge in [0.2, 0.25) is 0 Å². The molecule has 1 aromatic rings. The summed E-state index contributed by atoms with van der Waals surface area (Å²) in [5, 5.41) is -6.34. The van der Waals surface area contributed by atoms with Crippen molar-refractivity contribution in [3.63, 3.8) is 0 Å². The van der Waals surface area contributed by atoms with E-state index in [9.17, 15) is 52.3 Å². The van der Waals surface area contributed by atoms with Crippen LogP contribution in [0.25, 0.3) is 0 Å². The van der Waals surface area contributed by atoms with Crippen LogP contribution < -0.4 is 0 Å². The second-order valence-corrected chi connectivity index (χ2v) is 5.83. The van der Waals surface area contributed by atoms with Gasteiger partial charge in [-0.25, -0.2) is 13.2 Å². The zero-order valence-corrected chi connectivity index (χ0v) is 11.5. The maximum Gasteiger partial charge on any atom is 0.460 e. The second kappa shape index (κ2) is 5.47. The molecule has 24 heavy (non-hydrogen) atoms. The van der Waals surface area contributed by atoms with Gasteiger partial charge in [-0.05, 0) is 6.07 Å². The molecule has 0 radical (unpaired) electrons. The van der Waals surface area contributed by atoms with Crippen LogP contribution in [0.4, 0.5) is 43.9 Å². The third-order valence-electron chi connectivity index (χ3n) is 2.81. The van der Waals surface area contributed by atoms with Gasteiger partial charge in [0, 0.05) is 0 Å². The Morgan fingerprint density at radius 2 is 1.29 bits per heavy atom. The Bertz CT molecular complexity index is 742. The zero-order valence-electron chi connectivity index (χ0n) is 10.7. The molecule has 14 heteroatoms. The third kappa shape index (κ3) is 2.60. The molecule has 0 amide bonds. The molecule has 0 saturated heterocycles. The fraction of sp³-hybridized carbons (Fsp3) is 0.400. The van der Waals surface area contributed by atoms with Gasteiger partial charge in [-0.2, -0.15) is 39.2 Å². The van der Waals surface area contributed by atoms with Crippen LogP contribution in [0.1, 0.15) is 5.56 Å². The van der Waals surface area contributed by atoms with Crippen LogP contribution >= 0.6 is 0 Å². The van der Waals surface area contributed by atoms with Gasteiger partial charge in [-0.15, -0.1) is 0 Å². The van der Waals surface area contributed by atoms with Crippen LogP contribution in [0.5, 0.6) is 0 Å². The smallest absolute Gasteiger partial charge is 0.283 e. The number of hydrogen-bond acceptors (Lipinski definition) is 2. The van der Waals surface area contributed by atoms with Gasteiger partial charge in [0.25, 0.3) is 0 Å². The van der Waals surface area contributed by atoms with E-state index >= 15 is 0 Å². The molecule has 0 aliphatic heterocycles. The Kier molecular flexibility index (Phi) is 4.67. The van der Waals surface area contributed by atoms with E-state index < -0.39 is 50.3 Å². The highest BCUT2D eigenvalue weighted by atomic mass is 32.2. The fourth-order valence-corrected chi connectivity index (χ4v) is 2.49. The van der Waals surface area contributed by atoms with Gasteiger partial charge in [0.1, 0.15) is 0 Å². The highest BCUT2D eigenvalue weighted by Gasteiger charge is 2.85. The number of benzene rings is 1. The van der Waals surface area contributed by atoms with E-state index in [4.69, 9.17) is 4.55 Å². The van der Waals surface area contributed by atoms with Crippen LogP contribution in [-0.4, -0.2) is 31.0 Å². The van der Waals surface area contributed by atoms with Crippen molar-refractivity contribution >= 4 is 10.1 Å². The van der Waals surface area contributed by atoms with E-state index in [0.717, 1.165) is 0 Å². The largest absolute Gasteiger partial charge is 0.460 e. The topological polar surface area (TPSA) is 54.4 Å². The molecule has 0 fully saturated rings. The van der Waals surface area contributed by atoms with E-state index in [1.54, 1.807) is 0 Å². The highest BCUT2D eigenvalue weighted by Crippen LogP contribution is 2.58. The summed E-state index contributed by atoms with van der Waals surface area (Å²) >= 11 is 0. The lowest BCUT2D eigenvalue weighted by Gasteiger charge is -2.36. The summed E-state index contributed by atoms with van der Waals surface area (Å²) in [7, 11) is -7.16. The van der Waals surface area contributed by atoms with E-state index in [1.807, 2.05) is 0 Å². The summed E-state index contributed by atoms with van der Waals surface area (Å²) in [6.45, 7) is 0.